The first-order chi connectivity index (χ1) is 7.54. The maximum atomic E-state index is 3.81. The predicted octanol–water partition coefficient (Wildman–Crippen LogP) is 5.25. The first-order valence-electron chi connectivity index (χ1n) is 6.27. The third-order valence-electron chi connectivity index (χ3n) is 2.21. The highest BCUT2D eigenvalue weighted by atomic mass is 14.0. The zero-order chi connectivity index (χ0) is 12.6. The molecule has 0 heterocycles. The van der Waals surface area contributed by atoms with Crippen molar-refractivity contribution in [1.29, 1.82) is 0 Å². The molecule has 0 spiro atoms. The molecule has 0 aliphatic carbocycles. The van der Waals surface area contributed by atoms with E-state index in [1.54, 1.807) is 0 Å². The zero-order valence-corrected chi connectivity index (χ0v) is 11.5. The van der Waals surface area contributed by atoms with Crippen LogP contribution in [0.1, 0.15) is 50.8 Å². The first kappa shape index (κ1) is 15.0. The van der Waals surface area contributed by atoms with Crippen LogP contribution < -0.4 is 0 Å². The molecule has 0 amide bonds. The molecule has 1 aromatic rings. The van der Waals surface area contributed by atoms with E-state index in [-0.39, 0.29) is 0 Å². The molecular formula is C16H26. The molecule has 1 rings (SSSR count). The number of hydrogen-bond donors (Lipinski definition) is 0. The summed E-state index contributed by atoms with van der Waals surface area (Å²) in [5.41, 5.74) is 3.98. The van der Waals surface area contributed by atoms with Crippen molar-refractivity contribution in [3.8, 4) is 0 Å². The molecule has 0 aliphatic rings. The third-order valence-corrected chi connectivity index (χ3v) is 2.21. The van der Waals surface area contributed by atoms with Crippen molar-refractivity contribution in [1.82, 2.24) is 0 Å². The summed E-state index contributed by atoms with van der Waals surface area (Å²) in [6.07, 6.45) is 4.33. The molecular weight excluding hydrogens is 192 g/mol. The Morgan fingerprint density at radius 3 is 2.25 bits per heavy atom. The van der Waals surface area contributed by atoms with E-state index >= 15 is 0 Å². The maximum absolute atomic E-state index is 3.81. The van der Waals surface area contributed by atoms with Gasteiger partial charge in [-0.2, -0.15) is 0 Å². The Bertz CT molecular complexity index is 308. The molecule has 0 fully saturated rings. The van der Waals surface area contributed by atoms with Gasteiger partial charge in [-0.25, -0.2) is 0 Å². The van der Waals surface area contributed by atoms with Crippen LogP contribution >= 0.6 is 0 Å². The molecule has 0 aliphatic heterocycles. The lowest BCUT2D eigenvalue weighted by atomic mass is 9.98. The lowest BCUT2D eigenvalue weighted by Crippen LogP contribution is -1.94. The van der Waals surface area contributed by atoms with Crippen LogP contribution in [0.4, 0.5) is 0 Å². The van der Waals surface area contributed by atoms with Gasteiger partial charge in [0, 0.05) is 0 Å². The minimum absolute atomic E-state index is 0.723. The van der Waals surface area contributed by atoms with Gasteiger partial charge >= 0.3 is 0 Å². The van der Waals surface area contributed by atoms with Crippen LogP contribution in [0, 0.1) is 12.8 Å². The Kier molecular flexibility index (Phi) is 7.62. The Labute approximate surface area is 101 Å². The van der Waals surface area contributed by atoms with Crippen LogP contribution in [-0.2, 0) is 6.42 Å². The average Bonchev–Trinajstić information content (AvgIpc) is 2.21. The van der Waals surface area contributed by atoms with Crippen LogP contribution in [0.2, 0.25) is 0 Å². The SMILES string of the molecule is C=Cc1cc(CC(C)C)ccc1C.CCC. The molecule has 0 heteroatoms. The van der Waals surface area contributed by atoms with Crippen molar-refractivity contribution in [2.45, 2.75) is 47.5 Å². The highest BCUT2D eigenvalue weighted by Gasteiger charge is 1.99. The van der Waals surface area contributed by atoms with Crippen LogP contribution in [0.3, 0.4) is 0 Å². The molecule has 0 bridgehead atoms. The fourth-order valence-corrected chi connectivity index (χ4v) is 1.51. The van der Waals surface area contributed by atoms with Gasteiger partial charge in [-0.3, -0.25) is 0 Å². The van der Waals surface area contributed by atoms with Gasteiger partial charge in [0.1, 0.15) is 0 Å². The van der Waals surface area contributed by atoms with E-state index in [1.807, 2.05) is 6.08 Å². The minimum Gasteiger partial charge on any atom is -0.0985 e. The Balaban J connectivity index is 0.000000673. The summed E-state index contributed by atoms with van der Waals surface area (Å²) >= 11 is 0. The van der Waals surface area contributed by atoms with Crippen molar-refractivity contribution in [2.24, 2.45) is 5.92 Å². The summed E-state index contributed by atoms with van der Waals surface area (Å²) in [4.78, 5) is 0. The third kappa shape index (κ3) is 5.75. The van der Waals surface area contributed by atoms with Gasteiger partial charge in [0.15, 0.2) is 0 Å². The molecule has 0 aromatic heterocycles. The molecule has 1 aromatic carbocycles. The first-order valence-corrected chi connectivity index (χ1v) is 6.27. The molecule has 0 radical (unpaired) electrons. The molecule has 16 heavy (non-hydrogen) atoms. The second kappa shape index (κ2) is 8.15. The van der Waals surface area contributed by atoms with Gasteiger partial charge in [-0.15, -0.1) is 0 Å². The average molecular weight is 218 g/mol. The van der Waals surface area contributed by atoms with Gasteiger partial charge in [0.2, 0.25) is 0 Å². The molecule has 90 valence electrons. The number of hydrogen-bond acceptors (Lipinski definition) is 0. The minimum atomic E-state index is 0.723. The second-order valence-corrected chi connectivity index (χ2v) is 4.70. The Morgan fingerprint density at radius 1 is 1.25 bits per heavy atom. The monoisotopic (exact) mass is 218 g/mol. The second-order valence-electron chi connectivity index (χ2n) is 4.70. The van der Waals surface area contributed by atoms with Crippen molar-refractivity contribution in [2.75, 3.05) is 0 Å². The summed E-state index contributed by atoms with van der Waals surface area (Å²) in [6, 6.07) is 6.62. The topological polar surface area (TPSA) is 0 Å². The molecule has 0 N–H and O–H groups in total. The highest BCUT2D eigenvalue weighted by Crippen LogP contribution is 2.15. The summed E-state index contributed by atoms with van der Waals surface area (Å²) in [5, 5.41) is 0. The van der Waals surface area contributed by atoms with E-state index < -0.39 is 0 Å². The zero-order valence-electron chi connectivity index (χ0n) is 11.5. The van der Waals surface area contributed by atoms with Crippen molar-refractivity contribution >= 4 is 6.08 Å². The highest BCUT2D eigenvalue weighted by molar-refractivity contribution is 5.52. The maximum Gasteiger partial charge on any atom is -0.0230 e. The predicted molar refractivity (Wildman–Crippen MR) is 75.8 cm³/mol. The number of rotatable bonds is 3. The summed E-state index contributed by atoms with van der Waals surface area (Å²) in [7, 11) is 0. The van der Waals surface area contributed by atoms with Crippen LogP contribution in [0.15, 0.2) is 24.8 Å². The molecule has 0 unspecified atom stereocenters. The number of benzene rings is 1. The van der Waals surface area contributed by atoms with Gasteiger partial charge in [-0.1, -0.05) is 65.0 Å². The molecule has 0 saturated carbocycles. The summed E-state index contributed by atoms with van der Waals surface area (Å²) in [5.74, 6) is 0.723. The smallest absolute Gasteiger partial charge is 0.0230 e. The van der Waals surface area contributed by atoms with Gasteiger partial charge in [0.25, 0.3) is 0 Å². The van der Waals surface area contributed by atoms with E-state index in [1.165, 1.54) is 23.1 Å². The number of aryl methyl sites for hydroxylation is 1. The molecule has 0 atom stereocenters. The van der Waals surface area contributed by atoms with Crippen LogP contribution in [0.5, 0.6) is 0 Å². The lowest BCUT2D eigenvalue weighted by molar-refractivity contribution is 0.647. The van der Waals surface area contributed by atoms with Gasteiger partial charge in [0.05, 0.1) is 0 Å². The summed E-state index contributed by atoms with van der Waals surface area (Å²) < 4.78 is 0. The van der Waals surface area contributed by atoms with E-state index in [0.29, 0.717) is 0 Å². The standard InChI is InChI=1S/C13H18.C3H8/c1-5-13-9-12(8-10(2)3)7-6-11(13)4;1-3-2/h5-7,9-10H,1,8H2,2-4H3;3H2,1-2H3. The lowest BCUT2D eigenvalue weighted by Gasteiger charge is -2.07. The van der Waals surface area contributed by atoms with Crippen molar-refractivity contribution in [3.63, 3.8) is 0 Å². The quantitative estimate of drug-likeness (QED) is 0.649. The van der Waals surface area contributed by atoms with Crippen LogP contribution in [0.25, 0.3) is 6.08 Å². The van der Waals surface area contributed by atoms with E-state index in [4.69, 9.17) is 0 Å². The van der Waals surface area contributed by atoms with Crippen molar-refractivity contribution in [3.05, 3.63) is 41.5 Å². The van der Waals surface area contributed by atoms with Gasteiger partial charge < -0.3 is 0 Å². The van der Waals surface area contributed by atoms with Gasteiger partial charge in [-0.05, 0) is 36.0 Å². The molecule has 0 saturated heterocycles. The Morgan fingerprint density at radius 2 is 1.81 bits per heavy atom. The largest absolute Gasteiger partial charge is 0.0985 e. The normalized spacial score (nSPS) is 9.62. The van der Waals surface area contributed by atoms with E-state index in [0.717, 1.165) is 12.3 Å². The fraction of sp³-hybridized carbons (Fsp3) is 0.500. The summed E-state index contributed by atoms with van der Waals surface area (Å²) in [6.45, 7) is 14.7. The van der Waals surface area contributed by atoms with Crippen LogP contribution in [-0.4, -0.2) is 0 Å². The van der Waals surface area contributed by atoms with Crippen molar-refractivity contribution < 1.29 is 0 Å². The van der Waals surface area contributed by atoms with E-state index in [9.17, 15) is 0 Å². The van der Waals surface area contributed by atoms with E-state index in [2.05, 4.69) is 59.4 Å². The Hall–Kier alpha value is -1.04. The fourth-order valence-electron chi connectivity index (χ4n) is 1.51. The molecule has 0 nitrogen and oxygen atoms in total.